The Labute approximate surface area is 91.7 Å². The van der Waals surface area contributed by atoms with Crippen LogP contribution in [0.4, 0.5) is 0 Å². The van der Waals surface area contributed by atoms with Crippen LogP contribution < -0.4 is 5.73 Å². The normalized spacial score (nSPS) is 20.8. The third-order valence-corrected chi connectivity index (χ3v) is 3.45. The standard InChI is InChI=1S/C12H21N3/c1-10(2)15-9-11(8-14-15)12(13)6-4-3-5-7-12/h8-10H,3-7,13H2,1-2H3. The fourth-order valence-corrected chi connectivity index (χ4v) is 2.35. The third kappa shape index (κ3) is 2.07. The highest BCUT2D eigenvalue weighted by Crippen LogP contribution is 2.34. The number of hydrogen-bond donors (Lipinski definition) is 1. The lowest BCUT2D eigenvalue weighted by Crippen LogP contribution is -2.38. The highest BCUT2D eigenvalue weighted by atomic mass is 15.3. The van der Waals surface area contributed by atoms with E-state index in [0.29, 0.717) is 6.04 Å². The summed E-state index contributed by atoms with van der Waals surface area (Å²) in [6.45, 7) is 4.28. The average Bonchev–Trinajstić information content (AvgIpc) is 2.68. The van der Waals surface area contributed by atoms with Gasteiger partial charge in [-0.15, -0.1) is 0 Å². The Kier molecular flexibility index (Phi) is 2.83. The van der Waals surface area contributed by atoms with Gasteiger partial charge in [-0.1, -0.05) is 19.3 Å². The smallest absolute Gasteiger partial charge is 0.0540 e. The van der Waals surface area contributed by atoms with E-state index in [9.17, 15) is 0 Å². The Morgan fingerprint density at radius 1 is 1.33 bits per heavy atom. The van der Waals surface area contributed by atoms with E-state index in [1.54, 1.807) is 0 Å². The number of aromatic nitrogens is 2. The van der Waals surface area contributed by atoms with Crippen LogP contribution in [0.1, 0.15) is 57.6 Å². The summed E-state index contributed by atoms with van der Waals surface area (Å²) in [5.41, 5.74) is 7.55. The maximum Gasteiger partial charge on any atom is 0.0540 e. The van der Waals surface area contributed by atoms with Crippen molar-refractivity contribution in [3.05, 3.63) is 18.0 Å². The lowest BCUT2D eigenvalue weighted by atomic mass is 9.79. The molecule has 2 rings (SSSR count). The highest BCUT2D eigenvalue weighted by molar-refractivity contribution is 5.18. The Hall–Kier alpha value is -0.830. The molecule has 0 saturated heterocycles. The molecule has 2 N–H and O–H groups in total. The summed E-state index contributed by atoms with van der Waals surface area (Å²) in [5, 5.41) is 4.37. The van der Waals surface area contributed by atoms with Crippen LogP contribution in [-0.2, 0) is 5.54 Å². The first-order valence-corrected chi connectivity index (χ1v) is 5.95. The van der Waals surface area contributed by atoms with Gasteiger partial charge in [-0.25, -0.2) is 0 Å². The van der Waals surface area contributed by atoms with Crippen molar-refractivity contribution in [2.24, 2.45) is 5.73 Å². The topological polar surface area (TPSA) is 43.8 Å². The molecule has 3 heteroatoms. The number of rotatable bonds is 2. The van der Waals surface area contributed by atoms with Crippen molar-refractivity contribution in [3.63, 3.8) is 0 Å². The van der Waals surface area contributed by atoms with Crippen molar-refractivity contribution < 1.29 is 0 Å². The molecule has 15 heavy (non-hydrogen) atoms. The van der Waals surface area contributed by atoms with Crippen LogP contribution in [0.5, 0.6) is 0 Å². The fourth-order valence-electron chi connectivity index (χ4n) is 2.35. The minimum atomic E-state index is -0.106. The average molecular weight is 207 g/mol. The third-order valence-electron chi connectivity index (χ3n) is 3.45. The Morgan fingerprint density at radius 2 is 2.00 bits per heavy atom. The van der Waals surface area contributed by atoms with E-state index in [1.807, 2.05) is 10.9 Å². The zero-order valence-corrected chi connectivity index (χ0v) is 9.74. The summed E-state index contributed by atoms with van der Waals surface area (Å²) in [6.07, 6.45) is 10.1. The van der Waals surface area contributed by atoms with Gasteiger partial charge in [-0.3, -0.25) is 4.68 Å². The molecule has 0 amide bonds. The van der Waals surface area contributed by atoms with Crippen LogP contribution in [-0.4, -0.2) is 9.78 Å². The molecule has 1 aliphatic rings. The van der Waals surface area contributed by atoms with Crippen molar-refractivity contribution in [2.75, 3.05) is 0 Å². The predicted molar refractivity (Wildman–Crippen MR) is 61.6 cm³/mol. The Morgan fingerprint density at radius 3 is 2.53 bits per heavy atom. The molecule has 0 bridgehead atoms. The molecule has 0 unspecified atom stereocenters. The van der Waals surface area contributed by atoms with Gasteiger partial charge in [0.05, 0.1) is 6.20 Å². The molecule has 84 valence electrons. The molecule has 1 heterocycles. The van der Waals surface area contributed by atoms with Crippen LogP contribution in [0, 0.1) is 0 Å². The molecule has 1 fully saturated rings. The van der Waals surface area contributed by atoms with E-state index in [1.165, 1.54) is 24.8 Å². The van der Waals surface area contributed by atoms with Crippen molar-refractivity contribution >= 4 is 0 Å². The van der Waals surface area contributed by atoms with Crippen molar-refractivity contribution in [1.82, 2.24) is 9.78 Å². The van der Waals surface area contributed by atoms with Crippen LogP contribution >= 0.6 is 0 Å². The van der Waals surface area contributed by atoms with Crippen LogP contribution in [0.2, 0.25) is 0 Å². The molecule has 0 atom stereocenters. The molecule has 0 spiro atoms. The molecule has 1 aromatic heterocycles. The summed E-state index contributed by atoms with van der Waals surface area (Å²) in [4.78, 5) is 0. The van der Waals surface area contributed by atoms with Gasteiger partial charge in [-0.2, -0.15) is 5.10 Å². The first-order chi connectivity index (χ1) is 7.12. The molecular weight excluding hydrogens is 186 g/mol. The SMILES string of the molecule is CC(C)n1cc(C2(N)CCCCC2)cn1. The van der Waals surface area contributed by atoms with Gasteiger partial charge in [0, 0.05) is 23.3 Å². The second-order valence-electron chi connectivity index (χ2n) is 5.02. The summed E-state index contributed by atoms with van der Waals surface area (Å²) < 4.78 is 2.00. The van der Waals surface area contributed by atoms with E-state index in [0.717, 1.165) is 12.8 Å². The monoisotopic (exact) mass is 207 g/mol. The lowest BCUT2D eigenvalue weighted by Gasteiger charge is -2.32. The zero-order chi connectivity index (χ0) is 10.9. The minimum absolute atomic E-state index is 0.106. The van der Waals surface area contributed by atoms with Gasteiger partial charge in [0.15, 0.2) is 0 Å². The van der Waals surface area contributed by atoms with Crippen molar-refractivity contribution in [3.8, 4) is 0 Å². The van der Waals surface area contributed by atoms with Gasteiger partial charge in [0.2, 0.25) is 0 Å². The summed E-state index contributed by atoms with van der Waals surface area (Å²) in [6, 6.07) is 0.422. The van der Waals surface area contributed by atoms with Crippen LogP contribution in [0.25, 0.3) is 0 Å². The molecular formula is C12H21N3. The quantitative estimate of drug-likeness (QED) is 0.810. The molecule has 0 aliphatic heterocycles. The van der Waals surface area contributed by atoms with Crippen LogP contribution in [0.15, 0.2) is 12.4 Å². The highest BCUT2D eigenvalue weighted by Gasteiger charge is 2.30. The van der Waals surface area contributed by atoms with E-state index in [4.69, 9.17) is 5.73 Å². The van der Waals surface area contributed by atoms with Gasteiger partial charge in [-0.05, 0) is 26.7 Å². The van der Waals surface area contributed by atoms with Crippen LogP contribution in [0.3, 0.4) is 0 Å². The first kappa shape index (κ1) is 10.7. The van der Waals surface area contributed by atoms with Gasteiger partial charge < -0.3 is 5.73 Å². The largest absolute Gasteiger partial charge is 0.321 e. The number of nitrogens with two attached hydrogens (primary N) is 1. The second kappa shape index (κ2) is 3.97. The summed E-state index contributed by atoms with van der Waals surface area (Å²) >= 11 is 0. The molecule has 1 saturated carbocycles. The molecule has 1 aliphatic carbocycles. The number of nitrogens with zero attached hydrogens (tertiary/aromatic N) is 2. The van der Waals surface area contributed by atoms with E-state index in [2.05, 4.69) is 25.1 Å². The summed E-state index contributed by atoms with van der Waals surface area (Å²) in [5.74, 6) is 0. The van der Waals surface area contributed by atoms with E-state index in [-0.39, 0.29) is 5.54 Å². The molecule has 0 aromatic carbocycles. The zero-order valence-electron chi connectivity index (χ0n) is 9.74. The Bertz CT molecular complexity index is 321. The molecule has 1 aromatic rings. The lowest BCUT2D eigenvalue weighted by molar-refractivity contribution is 0.302. The predicted octanol–water partition coefficient (Wildman–Crippen LogP) is 2.58. The van der Waals surface area contributed by atoms with Crippen molar-refractivity contribution in [2.45, 2.75) is 57.5 Å². The van der Waals surface area contributed by atoms with Gasteiger partial charge >= 0.3 is 0 Å². The van der Waals surface area contributed by atoms with E-state index >= 15 is 0 Å². The second-order valence-corrected chi connectivity index (χ2v) is 5.02. The van der Waals surface area contributed by atoms with Gasteiger partial charge in [0.25, 0.3) is 0 Å². The maximum atomic E-state index is 6.44. The summed E-state index contributed by atoms with van der Waals surface area (Å²) in [7, 11) is 0. The first-order valence-electron chi connectivity index (χ1n) is 5.95. The molecule has 3 nitrogen and oxygen atoms in total. The van der Waals surface area contributed by atoms with Gasteiger partial charge in [0.1, 0.15) is 0 Å². The van der Waals surface area contributed by atoms with Crippen molar-refractivity contribution in [1.29, 1.82) is 0 Å². The fraction of sp³-hybridized carbons (Fsp3) is 0.750. The minimum Gasteiger partial charge on any atom is -0.321 e. The maximum absolute atomic E-state index is 6.44. The molecule has 0 radical (unpaired) electrons. The number of hydrogen-bond acceptors (Lipinski definition) is 2. The van der Waals surface area contributed by atoms with E-state index < -0.39 is 0 Å². The Balaban J connectivity index is 2.20.